The number of ether oxygens (including phenoxy) is 1. The molecule has 3 aromatic carbocycles. The van der Waals surface area contributed by atoms with E-state index in [0.29, 0.717) is 11.5 Å². The molecule has 4 bridgehead atoms. The topological polar surface area (TPSA) is 101 Å². The van der Waals surface area contributed by atoms with Crippen molar-refractivity contribution in [2.75, 3.05) is 7.11 Å². The highest BCUT2D eigenvalue weighted by molar-refractivity contribution is 5.89. The number of aromatic carboxylic acids is 2. The molecule has 0 spiro atoms. The Hall–Kier alpha value is -3.93. The summed E-state index contributed by atoms with van der Waals surface area (Å²) in [6.07, 6.45) is 6.02. The van der Waals surface area contributed by atoms with Gasteiger partial charge in [-0.15, -0.1) is 0 Å². The fourth-order valence-corrected chi connectivity index (χ4v) is 8.41. The Morgan fingerprint density at radius 1 is 0.605 bits per heavy atom. The number of carboxylic acids is 2. The van der Waals surface area contributed by atoms with Crippen molar-refractivity contribution in [3.8, 4) is 0 Å². The number of carbonyl (C=O) groups is 3. The monoisotopic (exact) mass is 510 g/mol. The van der Waals surface area contributed by atoms with Crippen LogP contribution in [0, 0.1) is 5.92 Å². The third kappa shape index (κ3) is 3.73. The number of rotatable bonds is 6. The number of carboxylic acid groups (broad SMARTS) is 2. The van der Waals surface area contributed by atoms with Gasteiger partial charge in [-0.05, 0) is 114 Å². The van der Waals surface area contributed by atoms with Crippen LogP contribution in [0.15, 0.2) is 72.8 Å². The van der Waals surface area contributed by atoms with E-state index in [1.54, 1.807) is 24.3 Å². The smallest absolute Gasteiger partial charge is 0.337 e. The molecule has 2 unspecified atom stereocenters. The molecule has 6 nitrogen and oxygen atoms in total. The molecule has 0 amide bonds. The Balaban J connectivity index is 1.48. The SMILES string of the molecule is COC(=O)c1ccc(C23CC4CC(c5ccc(C(=O)O)cc5)(CC(c5ccc(C(=O)O)cc5)(C4)C2)C3)cc1. The zero-order chi connectivity index (χ0) is 26.7. The molecule has 2 atom stereocenters. The van der Waals surface area contributed by atoms with Crippen LogP contribution in [0.3, 0.4) is 0 Å². The van der Waals surface area contributed by atoms with Crippen LogP contribution in [-0.4, -0.2) is 35.2 Å². The standard InChI is InChI=1S/C32H30O6/c1-38-29(37)23-6-12-26(13-7-23)32-16-20-14-30(18-32,24-8-2-21(3-9-24)27(33)34)17-31(15-20,19-32)25-10-4-22(5-11-25)28(35)36/h2-13,20H,14-19H2,1H3,(H,33,34)(H,35,36). The molecule has 0 radical (unpaired) electrons. The second kappa shape index (κ2) is 8.55. The van der Waals surface area contributed by atoms with Gasteiger partial charge in [0.25, 0.3) is 0 Å². The Bertz CT molecular complexity index is 1350. The quantitative estimate of drug-likeness (QED) is 0.396. The van der Waals surface area contributed by atoms with E-state index in [0.717, 1.165) is 38.5 Å². The first kappa shape index (κ1) is 24.4. The van der Waals surface area contributed by atoms with Crippen molar-refractivity contribution in [2.45, 2.75) is 54.8 Å². The number of esters is 1. The van der Waals surface area contributed by atoms with Gasteiger partial charge >= 0.3 is 17.9 Å². The third-order valence-corrected chi connectivity index (χ3v) is 9.48. The minimum Gasteiger partial charge on any atom is -0.478 e. The third-order valence-electron chi connectivity index (χ3n) is 9.48. The van der Waals surface area contributed by atoms with Crippen LogP contribution in [-0.2, 0) is 21.0 Å². The van der Waals surface area contributed by atoms with Gasteiger partial charge in [0.15, 0.2) is 0 Å². The first-order valence-corrected chi connectivity index (χ1v) is 13.0. The summed E-state index contributed by atoms with van der Waals surface area (Å²) in [4.78, 5) is 35.2. The zero-order valence-corrected chi connectivity index (χ0v) is 21.3. The highest BCUT2D eigenvalue weighted by Crippen LogP contribution is 2.70. The Morgan fingerprint density at radius 2 is 0.921 bits per heavy atom. The van der Waals surface area contributed by atoms with Crippen molar-refractivity contribution >= 4 is 17.9 Å². The van der Waals surface area contributed by atoms with Gasteiger partial charge in [0, 0.05) is 0 Å². The first-order chi connectivity index (χ1) is 18.2. The normalized spacial score (nSPS) is 29.1. The van der Waals surface area contributed by atoms with E-state index in [4.69, 9.17) is 4.74 Å². The predicted molar refractivity (Wildman–Crippen MR) is 141 cm³/mol. The molecular formula is C32H30O6. The molecule has 4 saturated carbocycles. The number of methoxy groups -OCH3 is 1. The van der Waals surface area contributed by atoms with E-state index in [1.165, 1.54) is 23.8 Å². The van der Waals surface area contributed by atoms with Gasteiger partial charge in [-0.3, -0.25) is 0 Å². The van der Waals surface area contributed by atoms with Crippen LogP contribution in [0.1, 0.15) is 86.3 Å². The van der Waals surface area contributed by atoms with E-state index in [1.807, 2.05) is 36.4 Å². The molecule has 194 valence electrons. The van der Waals surface area contributed by atoms with Crippen LogP contribution in [0.5, 0.6) is 0 Å². The maximum Gasteiger partial charge on any atom is 0.337 e. The Kier molecular flexibility index (Phi) is 5.49. The van der Waals surface area contributed by atoms with Crippen molar-refractivity contribution in [3.63, 3.8) is 0 Å². The lowest BCUT2D eigenvalue weighted by Crippen LogP contribution is -2.62. The van der Waals surface area contributed by atoms with Crippen LogP contribution in [0.4, 0.5) is 0 Å². The second-order valence-corrected chi connectivity index (χ2v) is 11.7. The molecule has 4 aliphatic rings. The minimum atomic E-state index is -0.931. The van der Waals surface area contributed by atoms with Crippen LogP contribution >= 0.6 is 0 Å². The minimum absolute atomic E-state index is 0.106. The molecule has 0 saturated heterocycles. The summed E-state index contributed by atoms with van der Waals surface area (Å²) in [5.74, 6) is -1.74. The van der Waals surface area contributed by atoms with Crippen molar-refractivity contribution in [1.82, 2.24) is 0 Å². The second-order valence-electron chi connectivity index (χ2n) is 11.7. The lowest BCUT2D eigenvalue weighted by atomic mass is 9.36. The van der Waals surface area contributed by atoms with E-state index in [2.05, 4.69) is 12.1 Å². The maximum absolute atomic E-state index is 12.1. The Labute approximate surface area is 221 Å². The van der Waals surface area contributed by atoms with Gasteiger partial charge in [0.1, 0.15) is 0 Å². The Morgan fingerprint density at radius 3 is 1.21 bits per heavy atom. The summed E-state index contributed by atoms with van der Waals surface area (Å²) < 4.78 is 4.90. The van der Waals surface area contributed by atoms with Gasteiger partial charge in [0.05, 0.1) is 23.8 Å². The average molecular weight is 511 g/mol. The summed E-state index contributed by atoms with van der Waals surface area (Å²) in [6.45, 7) is 0. The fraction of sp³-hybridized carbons (Fsp3) is 0.344. The number of hydrogen-bond donors (Lipinski definition) is 2. The van der Waals surface area contributed by atoms with Crippen LogP contribution in [0.25, 0.3) is 0 Å². The van der Waals surface area contributed by atoms with Gasteiger partial charge in [-0.2, -0.15) is 0 Å². The predicted octanol–water partition coefficient (Wildman–Crippen LogP) is 5.98. The molecule has 0 heterocycles. The summed E-state index contributed by atoms with van der Waals surface area (Å²) in [5, 5.41) is 18.9. The van der Waals surface area contributed by atoms with E-state index < -0.39 is 11.9 Å². The van der Waals surface area contributed by atoms with Crippen LogP contribution < -0.4 is 0 Å². The summed E-state index contributed by atoms with van der Waals surface area (Å²) in [7, 11) is 1.38. The van der Waals surface area contributed by atoms with Crippen molar-refractivity contribution in [1.29, 1.82) is 0 Å². The van der Waals surface area contributed by atoms with Gasteiger partial charge in [0.2, 0.25) is 0 Å². The number of hydrogen-bond acceptors (Lipinski definition) is 4. The molecule has 6 heteroatoms. The van der Waals surface area contributed by atoms with Crippen molar-refractivity contribution in [2.24, 2.45) is 5.92 Å². The molecule has 4 fully saturated rings. The fourth-order valence-electron chi connectivity index (χ4n) is 8.41. The van der Waals surface area contributed by atoms with E-state index >= 15 is 0 Å². The number of benzene rings is 3. The largest absolute Gasteiger partial charge is 0.478 e. The molecule has 0 aliphatic heterocycles. The molecule has 38 heavy (non-hydrogen) atoms. The highest BCUT2D eigenvalue weighted by atomic mass is 16.5. The zero-order valence-electron chi connectivity index (χ0n) is 21.3. The lowest BCUT2D eigenvalue weighted by molar-refractivity contribution is -0.0494. The molecule has 4 aliphatic carbocycles. The van der Waals surface area contributed by atoms with Crippen LogP contribution in [0.2, 0.25) is 0 Å². The van der Waals surface area contributed by atoms with Crippen molar-refractivity contribution in [3.05, 3.63) is 106 Å². The van der Waals surface area contributed by atoms with Gasteiger partial charge in [-0.1, -0.05) is 36.4 Å². The van der Waals surface area contributed by atoms with E-state index in [-0.39, 0.29) is 33.3 Å². The van der Waals surface area contributed by atoms with Gasteiger partial charge in [-0.25, -0.2) is 14.4 Å². The molecule has 7 rings (SSSR count). The average Bonchev–Trinajstić information content (AvgIpc) is 2.92. The summed E-state index contributed by atoms with van der Waals surface area (Å²) in [6, 6.07) is 22.7. The summed E-state index contributed by atoms with van der Waals surface area (Å²) in [5.41, 5.74) is 4.31. The summed E-state index contributed by atoms with van der Waals surface area (Å²) >= 11 is 0. The van der Waals surface area contributed by atoms with Crippen molar-refractivity contribution < 1.29 is 29.3 Å². The molecular weight excluding hydrogens is 480 g/mol. The lowest BCUT2D eigenvalue weighted by Gasteiger charge is -2.67. The molecule has 0 aromatic heterocycles. The first-order valence-electron chi connectivity index (χ1n) is 13.0. The van der Waals surface area contributed by atoms with E-state index in [9.17, 15) is 24.6 Å². The molecule has 3 aromatic rings. The number of carbonyl (C=O) groups excluding carboxylic acids is 1. The highest BCUT2D eigenvalue weighted by Gasteiger charge is 2.64. The molecule has 2 N–H and O–H groups in total. The maximum atomic E-state index is 12.1. The van der Waals surface area contributed by atoms with Gasteiger partial charge < -0.3 is 14.9 Å².